The summed E-state index contributed by atoms with van der Waals surface area (Å²) in [4.78, 5) is 35.5. The van der Waals surface area contributed by atoms with Crippen molar-refractivity contribution in [3.05, 3.63) is 93.4 Å². The van der Waals surface area contributed by atoms with E-state index in [0.717, 1.165) is 10.2 Å². The molecule has 3 N–H and O–H groups in total. The van der Waals surface area contributed by atoms with Crippen molar-refractivity contribution < 1.29 is 19.4 Å². The number of amides is 2. The lowest BCUT2D eigenvalue weighted by atomic mass is 10.1. The summed E-state index contributed by atoms with van der Waals surface area (Å²) in [6.45, 7) is -0.0397. The predicted molar refractivity (Wildman–Crippen MR) is 123 cm³/mol. The maximum absolute atomic E-state index is 12.1. The van der Waals surface area contributed by atoms with Crippen LogP contribution in [0, 0.1) is 0 Å². The number of anilines is 1. The normalized spacial score (nSPS) is 11.5. The zero-order chi connectivity index (χ0) is 23.6. The van der Waals surface area contributed by atoms with E-state index in [4.69, 9.17) is 16.3 Å². The van der Waals surface area contributed by atoms with Crippen LogP contribution in [0.2, 0.25) is 5.02 Å². The summed E-state index contributed by atoms with van der Waals surface area (Å²) in [5.74, 6) is -0.372. The molecule has 3 rings (SSSR count). The van der Waals surface area contributed by atoms with Crippen LogP contribution >= 0.6 is 11.6 Å². The molecule has 0 bridgehead atoms. The number of ether oxygens (including phenoxy) is 1. The number of aliphatic hydroxyl groups excluding tert-OH is 1. The average molecular weight is 471 g/mol. The molecule has 0 saturated heterocycles. The van der Waals surface area contributed by atoms with Crippen molar-refractivity contribution in [2.45, 2.75) is 19.1 Å². The first kappa shape index (κ1) is 24.0. The second kappa shape index (κ2) is 11.8. The van der Waals surface area contributed by atoms with Crippen LogP contribution in [0.25, 0.3) is 0 Å². The lowest BCUT2D eigenvalue weighted by Crippen LogP contribution is -2.29. The molecule has 1 aromatic heterocycles. The maximum atomic E-state index is 12.1. The number of nitrogens with one attached hydrogen (secondary N) is 2. The number of carbonyl (C=O) groups excluding carboxylic acids is 2. The minimum atomic E-state index is -0.893. The Morgan fingerprint density at radius 1 is 1.12 bits per heavy atom. The Balaban J connectivity index is 1.37. The van der Waals surface area contributed by atoms with Crippen molar-refractivity contribution in [1.29, 1.82) is 0 Å². The molecular formula is C23H23ClN4O5. The molecule has 1 heterocycles. The van der Waals surface area contributed by atoms with Gasteiger partial charge in [0, 0.05) is 29.4 Å². The van der Waals surface area contributed by atoms with Crippen molar-refractivity contribution in [1.82, 2.24) is 15.1 Å². The summed E-state index contributed by atoms with van der Waals surface area (Å²) in [6.07, 6.45) is 0.384. The summed E-state index contributed by atoms with van der Waals surface area (Å²) in [6, 6.07) is 16.6. The summed E-state index contributed by atoms with van der Waals surface area (Å²) < 4.78 is 6.20. The van der Waals surface area contributed by atoms with Crippen LogP contribution in [-0.2, 0) is 22.5 Å². The van der Waals surface area contributed by atoms with Crippen LogP contribution in [0.1, 0.15) is 17.2 Å². The molecule has 33 heavy (non-hydrogen) atoms. The first-order chi connectivity index (χ1) is 15.9. The molecule has 0 aliphatic heterocycles. The van der Waals surface area contributed by atoms with Crippen molar-refractivity contribution in [2.75, 3.05) is 18.5 Å². The summed E-state index contributed by atoms with van der Waals surface area (Å²) in [7, 11) is 0. The van der Waals surface area contributed by atoms with Crippen LogP contribution in [0.3, 0.4) is 0 Å². The van der Waals surface area contributed by atoms with E-state index in [-0.39, 0.29) is 31.2 Å². The van der Waals surface area contributed by atoms with Gasteiger partial charge < -0.3 is 20.5 Å². The fraction of sp³-hybridized carbons (Fsp3) is 0.217. The molecule has 2 amide bonds. The molecular weight excluding hydrogens is 448 g/mol. The largest absolute Gasteiger partial charge is 0.449 e. The lowest BCUT2D eigenvalue weighted by molar-refractivity contribution is -0.117. The topological polar surface area (TPSA) is 123 Å². The van der Waals surface area contributed by atoms with Crippen LogP contribution in [0.5, 0.6) is 0 Å². The molecule has 0 saturated carbocycles. The highest BCUT2D eigenvalue weighted by molar-refractivity contribution is 6.30. The number of aromatic nitrogens is 2. The quantitative estimate of drug-likeness (QED) is 0.441. The molecule has 9 nitrogen and oxygen atoms in total. The molecule has 0 aliphatic rings. The molecule has 0 aliphatic carbocycles. The zero-order valence-corrected chi connectivity index (χ0v) is 18.4. The summed E-state index contributed by atoms with van der Waals surface area (Å²) >= 11 is 5.89. The zero-order valence-electron chi connectivity index (χ0n) is 17.6. The average Bonchev–Trinajstić information content (AvgIpc) is 2.80. The van der Waals surface area contributed by atoms with Crippen molar-refractivity contribution in [3.63, 3.8) is 0 Å². The number of halogens is 1. The first-order valence-corrected chi connectivity index (χ1v) is 10.5. The summed E-state index contributed by atoms with van der Waals surface area (Å²) in [5, 5.41) is 19.7. The van der Waals surface area contributed by atoms with Gasteiger partial charge in [-0.15, -0.1) is 0 Å². The number of rotatable bonds is 9. The number of nitrogens with zero attached hydrogens (tertiary/aromatic N) is 2. The van der Waals surface area contributed by atoms with Gasteiger partial charge in [0.2, 0.25) is 5.91 Å². The van der Waals surface area contributed by atoms with Gasteiger partial charge in [-0.25, -0.2) is 9.48 Å². The van der Waals surface area contributed by atoms with Gasteiger partial charge in [0.05, 0.1) is 19.3 Å². The molecule has 0 spiro atoms. The van der Waals surface area contributed by atoms with E-state index in [1.165, 1.54) is 18.3 Å². The highest BCUT2D eigenvalue weighted by atomic mass is 35.5. The fourth-order valence-electron chi connectivity index (χ4n) is 2.92. The van der Waals surface area contributed by atoms with E-state index < -0.39 is 12.2 Å². The molecule has 1 atom stereocenters. The Hall–Kier alpha value is -3.69. The van der Waals surface area contributed by atoms with Crippen LogP contribution in [0.15, 0.2) is 71.7 Å². The van der Waals surface area contributed by atoms with E-state index in [1.807, 2.05) is 0 Å². The number of carbonyl (C=O) groups is 2. The van der Waals surface area contributed by atoms with Gasteiger partial charge in [-0.2, -0.15) is 5.10 Å². The fourth-order valence-corrected chi connectivity index (χ4v) is 3.12. The standard InChI is InChI=1S/C23H23ClN4O5/c24-18-4-1-3-17(13-18)20(29)14-25-23(32)33-12-10-16-6-8-19(9-7-16)27-21(30)15-28-22(31)5-2-11-26-28/h1-9,11,13,20,29H,10,12,14-15H2,(H,25,32)(H,27,30)/t20-/m0/s1. The summed E-state index contributed by atoms with van der Waals surface area (Å²) in [5.41, 5.74) is 1.72. The number of aliphatic hydroxyl groups is 1. The van der Waals surface area contributed by atoms with Gasteiger partial charge in [0.15, 0.2) is 0 Å². The van der Waals surface area contributed by atoms with Gasteiger partial charge in [-0.05, 0) is 41.5 Å². The molecule has 2 aromatic carbocycles. The smallest absolute Gasteiger partial charge is 0.407 e. The van der Waals surface area contributed by atoms with Crippen LogP contribution in [0.4, 0.5) is 10.5 Å². The minimum absolute atomic E-state index is 0.00179. The SMILES string of the molecule is O=C(Cn1ncccc1=O)Nc1ccc(CCOC(=O)NC[C@H](O)c2cccc(Cl)c2)cc1. The van der Waals surface area contributed by atoms with Gasteiger partial charge >= 0.3 is 6.09 Å². The lowest BCUT2D eigenvalue weighted by Gasteiger charge is -2.13. The Bertz CT molecular complexity index is 1150. The van der Waals surface area contributed by atoms with E-state index in [1.54, 1.807) is 48.5 Å². The number of hydrogen-bond donors (Lipinski definition) is 3. The first-order valence-electron chi connectivity index (χ1n) is 10.2. The highest BCUT2D eigenvalue weighted by Crippen LogP contribution is 2.17. The maximum Gasteiger partial charge on any atom is 0.407 e. The Morgan fingerprint density at radius 3 is 2.64 bits per heavy atom. The van der Waals surface area contributed by atoms with Crippen LogP contribution < -0.4 is 16.2 Å². The third-order valence-corrected chi connectivity index (χ3v) is 4.85. The second-order valence-electron chi connectivity index (χ2n) is 7.10. The Labute approximate surface area is 195 Å². The molecule has 3 aromatic rings. The van der Waals surface area contributed by atoms with E-state index in [9.17, 15) is 19.5 Å². The molecule has 0 radical (unpaired) electrons. The molecule has 0 fully saturated rings. The molecule has 172 valence electrons. The molecule has 0 unspecified atom stereocenters. The van der Waals surface area contributed by atoms with Gasteiger partial charge in [-0.3, -0.25) is 9.59 Å². The van der Waals surface area contributed by atoms with Crippen molar-refractivity contribution >= 4 is 29.3 Å². The van der Waals surface area contributed by atoms with Crippen LogP contribution in [-0.4, -0.2) is 40.0 Å². The highest BCUT2D eigenvalue weighted by Gasteiger charge is 2.11. The van der Waals surface area contributed by atoms with E-state index in [2.05, 4.69) is 15.7 Å². The number of hydrogen-bond acceptors (Lipinski definition) is 6. The second-order valence-corrected chi connectivity index (χ2v) is 7.54. The minimum Gasteiger partial charge on any atom is -0.449 e. The third kappa shape index (κ3) is 7.74. The van der Waals surface area contributed by atoms with Crippen molar-refractivity contribution in [3.8, 4) is 0 Å². The van der Waals surface area contributed by atoms with E-state index >= 15 is 0 Å². The third-order valence-electron chi connectivity index (χ3n) is 4.61. The predicted octanol–water partition coefficient (Wildman–Crippen LogP) is 2.54. The van der Waals surface area contributed by atoms with Gasteiger partial charge in [-0.1, -0.05) is 35.9 Å². The van der Waals surface area contributed by atoms with Gasteiger partial charge in [0.25, 0.3) is 5.56 Å². The number of benzene rings is 2. The Morgan fingerprint density at radius 2 is 1.91 bits per heavy atom. The Kier molecular flexibility index (Phi) is 8.56. The van der Waals surface area contributed by atoms with Crippen molar-refractivity contribution in [2.24, 2.45) is 0 Å². The number of alkyl carbamates (subject to hydrolysis) is 1. The monoisotopic (exact) mass is 470 g/mol. The van der Waals surface area contributed by atoms with E-state index in [0.29, 0.717) is 22.7 Å². The molecule has 10 heteroatoms. The van der Waals surface area contributed by atoms with Gasteiger partial charge in [0.1, 0.15) is 6.54 Å².